The highest BCUT2D eigenvalue weighted by molar-refractivity contribution is 5.87. The molecule has 0 atom stereocenters. The van der Waals surface area contributed by atoms with Gasteiger partial charge in [-0.2, -0.15) is 0 Å². The summed E-state index contributed by atoms with van der Waals surface area (Å²) in [4.78, 5) is 24.6. The highest BCUT2D eigenvalue weighted by Crippen LogP contribution is 2.45. The number of esters is 2. The number of hydrogen-bond acceptors (Lipinski definition) is 7. The number of carbonyl (C=O) groups excluding carboxylic acids is 2. The molecule has 0 bridgehead atoms. The lowest BCUT2D eigenvalue weighted by molar-refractivity contribution is -0.139. The summed E-state index contributed by atoms with van der Waals surface area (Å²) < 4.78 is 17.8. The third-order valence-electron chi connectivity index (χ3n) is 14.4. The topological polar surface area (TPSA) is 102 Å². The Morgan fingerprint density at radius 2 is 1.24 bits per heavy atom. The van der Waals surface area contributed by atoms with Gasteiger partial charge in [0, 0.05) is 16.6 Å². The Kier molecular flexibility index (Phi) is 21.5. The van der Waals surface area contributed by atoms with E-state index in [0.29, 0.717) is 62.2 Å². The lowest BCUT2D eigenvalue weighted by Crippen LogP contribution is -2.33. The minimum absolute atomic E-state index is 0.0646. The number of ether oxygens (including phenoxy) is 3. The van der Waals surface area contributed by atoms with Crippen molar-refractivity contribution in [2.24, 2.45) is 28.6 Å². The Hall–Kier alpha value is -3.42. The van der Waals surface area contributed by atoms with Gasteiger partial charge in [0.2, 0.25) is 0 Å². The summed E-state index contributed by atoms with van der Waals surface area (Å²) in [6.45, 7) is 22.4. The Bertz CT molecular complexity index is 1690. The molecule has 0 saturated heterocycles. The predicted molar refractivity (Wildman–Crippen MR) is 259 cm³/mol. The van der Waals surface area contributed by atoms with Gasteiger partial charge in [0.25, 0.3) is 0 Å². The molecule has 7 nitrogen and oxygen atoms in total. The molecule has 0 unspecified atom stereocenters. The first-order chi connectivity index (χ1) is 30.1. The molecule has 7 heteroatoms. The van der Waals surface area contributed by atoms with Crippen molar-refractivity contribution in [2.75, 3.05) is 33.0 Å². The molecule has 2 aromatic rings. The van der Waals surface area contributed by atoms with Crippen LogP contribution in [0.4, 0.5) is 0 Å². The van der Waals surface area contributed by atoms with Crippen LogP contribution in [0.2, 0.25) is 0 Å². The van der Waals surface area contributed by atoms with Crippen LogP contribution >= 0.6 is 0 Å². The highest BCUT2D eigenvalue weighted by atomic mass is 16.5. The van der Waals surface area contributed by atoms with Crippen molar-refractivity contribution < 1.29 is 34.0 Å². The summed E-state index contributed by atoms with van der Waals surface area (Å²) in [5.41, 5.74) is 7.31. The summed E-state index contributed by atoms with van der Waals surface area (Å²) in [5.74, 6) is 3.36. The van der Waals surface area contributed by atoms with Crippen LogP contribution in [-0.4, -0.2) is 55.2 Å². The van der Waals surface area contributed by atoms with E-state index >= 15 is 0 Å². The smallest absolute Gasteiger partial charge is 0.333 e. The molecule has 0 heterocycles. The van der Waals surface area contributed by atoms with Gasteiger partial charge >= 0.3 is 11.9 Å². The maximum Gasteiger partial charge on any atom is 0.333 e. The van der Waals surface area contributed by atoms with Crippen LogP contribution in [0.1, 0.15) is 186 Å². The van der Waals surface area contributed by atoms with E-state index in [0.717, 1.165) is 53.0 Å². The van der Waals surface area contributed by atoms with Crippen LogP contribution in [0.5, 0.6) is 5.75 Å². The van der Waals surface area contributed by atoms with Gasteiger partial charge < -0.3 is 24.4 Å². The fourth-order valence-electron chi connectivity index (χ4n) is 10.1. The lowest BCUT2D eigenvalue weighted by Gasteiger charge is -2.38. The number of carbonyl (C=O) groups is 2. The summed E-state index contributed by atoms with van der Waals surface area (Å²) >= 11 is 0. The molecule has 2 fully saturated rings. The maximum atomic E-state index is 12.3. The number of aliphatic hydroxyl groups is 2. The number of aliphatic hydroxyl groups excluding tert-OH is 2. The third kappa shape index (κ3) is 16.5. The molecule has 2 N–H and O–H groups in total. The monoisotopic (exact) mass is 871 g/mol. The third-order valence-corrected chi connectivity index (χ3v) is 14.4. The Morgan fingerprint density at radius 3 is 1.73 bits per heavy atom. The van der Waals surface area contributed by atoms with Gasteiger partial charge in [-0.3, -0.25) is 0 Å². The minimum Gasteiger partial charge on any atom is -0.493 e. The second-order valence-corrected chi connectivity index (χ2v) is 20.8. The zero-order valence-electron chi connectivity index (χ0n) is 40.7. The van der Waals surface area contributed by atoms with Gasteiger partial charge in [-0.05, 0) is 178 Å². The fraction of sp³-hybridized carbons (Fsp3) is 0.679. The van der Waals surface area contributed by atoms with Gasteiger partial charge in [-0.1, -0.05) is 105 Å². The van der Waals surface area contributed by atoms with Crippen molar-refractivity contribution >= 4 is 11.9 Å². The molecule has 2 saturated carbocycles. The van der Waals surface area contributed by atoms with Crippen LogP contribution in [0.25, 0.3) is 11.1 Å². The number of hydrogen-bond donors (Lipinski definition) is 2. The molecule has 4 rings (SSSR count). The first kappa shape index (κ1) is 52.2. The van der Waals surface area contributed by atoms with E-state index < -0.39 is 17.4 Å². The van der Waals surface area contributed by atoms with Crippen molar-refractivity contribution in [3.63, 3.8) is 0 Å². The maximum absolute atomic E-state index is 12.3. The summed E-state index contributed by atoms with van der Waals surface area (Å²) in [5, 5.41) is 21.1. The minimum atomic E-state index is -0.662. The van der Waals surface area contributed by atoms with Crippen molar-refractivity contribution in [2.45, 2.75) is 183 Å². The molecule has 0 spiro atoms. The molecule has 0 amide bonds. The molecular formula is C56H86O7. The molecule has 2 aliphatic carbocycles. The standard InChI is InChI=1S/C56H86O7/c1-10-12-13-16-42-19-21-44(22-20-42)45-23-25-46(26-24-45)47-27-28-51(43(11-2)35-47)50-36-48(17-14-32-62-53(59)40(3)4)52(49(37-50)18-15-33-63-54(60)41(5)6)61-34-31-56(38-57,39-58)30-29-55(7,8)9/h27-28,35-37,42,44-46,57-58H,3,5,10-26,29-34,38-39H2,1-2,4,6-9H3. The summed E-state index contributed by atoms with van der Waals surface area (Å²) in [6.07, 6.45) is 22.0. The van der Waals surface area contributed by atoms with Crippen LogP contribution in [0.15, 0.2) is 54.6 Å². The number of unbranched alkanes of at least 4 members (excludes halogenated alkanes) is 2. The van der Waals surface area contributed by atoms with Crippen LogP contribution in [0, 0.1) is 28.6 Å². The molecule has 0 aromatic heterocycles. The van der Waals surface area contributed by atoms with Crippen LogP contribution in [-0.2, 0) is 38.3 Å². The van der Waals surface area contributed by atoms with Crippen LogP contribution < -0.4 is 4.74 Å². The normalized spacial score (nSPS) is 19.4. The second kappa shape index (κ2) is 25.9. The van der Waals surface area contributed by atoms with E-state index in [1.807, 2.05) is 0 Å². The van der Waals surface area contributed by atoms with Crippen molar-refractivity contribution in [3.8, 4) is 16.9 Å². The second-order valence-electron chi connectivity index (χ2n) is 20.8. The molecule has 352 valence electrons. The molecular weight excluding hydrogens is 785 g/mol. The molecule has 0 aliphatic heterocycles. The number of rotatable bonds is 26. The van der Waals surface area contributed by atoms with Gasteiger partial charge in [0.1, 0.15) is 5.75 Å². The lowest BCUT2D eigenvalue weighted by atomic mass is 9.68. The Morgan fingerprint density at radius 1 is 0.683 bits per heavy atom. The average Bonchev–Trinajstić information content (AvgIpc) is 3.27. The van der Waals surface area contributed by atoms with Crippen molar-refractivity contribution in [1.29, 1.82) is 0 Å². The first-order valence-electron chi connectivity index (χ1n) is 24.9. The summed E-state index contributed by atoms with van der Waals surface area (Å²) in [7, 11) is 0. The quantitative estimate of drug-likeness (QED) is 0.0551. The highest BCUT2D eigenvalue weighted by Gasteiger charge is 2.33. The zero-order valence-corrected chi connectivity index (χ0v) is 40.7. The van der Waals surface area contributed by atoms with Gasteiger partial charge in [0.05, 0.1) is 33.0 Å². The van der Waals surface area contributed by atoms with E-state index in [2.05, 4.69) is 78.1 Å². The first-order valence-corrected chi connectivity index (χ1v) is 24.9. The van der Waals surface area contributed by atoms with E-state index in [1.54, 1.807) is 13.8 Å². The van der Waals surface area contributed by atoms with E-state index in [4.69, 9.17) is 14.2 Å². The van der Waals surface area contributed by atoms with Crippen molar-refractivity contribution in [1.82, 2.24) is 0 Å². The van der Waals surface area contributed by atoms with E-state index in [9.17, 15) is 19.8 Å². The zero-order chi connectivity index (χ0) is 46.0. The average molecular weight is 871 g/mol. The summed E-state index contributed by atoms with van der Waals surface area (Å²) in [6, 6.07) is 11.7. The van der Waals surface area contributed by atoms with Crippen molar-refractivity contribution in [3.05, 3.63) is 76.9 Å². The Balaban J connectivity index is 1.60. The van der Waals surface area contributed by atoms with Gasteiger partial charge in [-0.15, -0.1) is 0 Å². The Labute approximate surface area is 382 Å². The van der Waals surface area contributed by atoms with E-state index in [1.165, 1.54) is 93.7 Å². The SMILES string of the molecule is C=C(C)C(=O)OCCCc1cc(-c2ccc(C3CCC(C4CCC(CCCCC)CC4)CC3)cc2CC)cc(CCCOC(=O)C(=C)C)c1OCCC(CO)(CO)CCC(C)(C)C. The predicted octanol–water partition coefficient (Wildman–Crippen LogP) is 13.2. The largest absolute Gasteiger partial charge is 0.493 e. The molecule has 63 heavy (non-hydrogen) atoms. The molecule has 2 aliphatic rings. The van der Waals surface area contributed by atoms with Crippen LogP contribution in [0.3, 0.4) is 0 Å². The van der Waals surface area contributed by atoms with Gasteiger partial charge in [0.15, 0.2) is 0 Å². The number of aryl methyl sites for hydroxylation is 3. The van der Waals surface area contributed by atoms with E-state index in [-0.39, 0.29) is 31.8 Å². The fourth-order valence-corrected chi connectivity index (χ4v) is 10.1. The number of benzene rings is 2. The molecule has 0 radical (unpaired) electrons. The molecule has 2 aromatic carbocycles. The van der Waals surface area contributed by atoms with Gasteiger partial charge in [-0.25, -0.2) is 9.59 Å².